The Hall–Kier alpha value is -1.75. The number of nitrogens with zero attached hydrogens (tertiary/aromatic N) is 1. The molecule has 0 saturated carbocycles. The molecule has 1 aromatic heterocycles. The molecule has 0 bridgehead atoms. The summed E-state index contributed by atoms with van der Waals surface area (Å²) in [5, 5.41) is 0.275. The lowest BCUT2D eigenvalue weighted by molar-refractivity contribution is 0.1000. The van der Waals surface area contributed by atoms with E-state index in [-0.39, 0.29) is 10.8 Å². The van der Waals surface area contributed by atoms with Crippen LogP contribution < -0.4 is 5.73 Å². The summed E-state index contributed by atoms with van der Waals surface area (Å²) in [5.41, 5.74) is 6.61. The van der Waals surface area contributed by atoms with Gasteiger partial charge in [-0.2, -0.15) is 0 Å². The molecule has 2 aromatic rings. The molecular formula is C11H9FN2OS. The van der Waals surface area contributed by atoms with E-state index in [1.807, 2.05) is 6.92 Å². The van der Waals surface area contributed by atoms with Crippen LogP contribution in [0, 0.1) is 12.7 Å². The summed E-state index contributed by atoms with van der Waals surface area (Å²) in [6.07, 6.45) is 0. The second kappa shape index (κ2) is 4.02. The van der Waals surface area contributed by atoms with Gasteiger partial charge in [0.05, 0.1) is 5.69 Å². The predicted octanol–water partition coefficient (Wildman–Crippen LogP) is 2.36. The number of nitrogens with two attached hydrogens (primary N) is 1. The van der Waals surface area contributed by atoms with Gasteiger partial charge in [-0.1, -0.05) is 0 Å². The predicted molar refractivity (Wildman–Crippen MR) is 60.8 cm³/mol. The number of carbonyl (C=O) groups excluding carboxylic acids is 1. The molecule has 0 atom stereocenters. The van der Waals surface area contributed by atoms with Crippen molar-refractivity contribution in [1.29, 1.82) is 0 Å². The quantitative estimate of drug-likeness (QED) is 0.870. The highest BCUT2D eigenvalue weighted by molar-refractivity contribution is 7.14. The fourth-order valence-electron chi connectivity index (χ4n) is 1.38. The Morgan fingerprint density at radius 1 is 1.38 bits per heavy atom. The average molecular weight is 236 g/mol. The van der Waals surface area contributed by atoms with E-state index in [4.69, 9.17) is 5.73 Å². The minimum Gasteiger partial charge on any atom is -0.364 e. The first kappa shape index (κ1) is 10.8. The van der Waals surface area contributed by atoms with Gasteiger partial charge in [-0.25, -0.2) is 9.37 Å². The van der Waals surface area contributed by atoms with Crippen LogP contribution in [0.25, 0.3) is 11.3 Å². The van der Waals surface area contributed by atoms with Gasteiger partial charge in [-0.15, -0.1) is 11.3 Å². The minimum absolute atomic E-state index is 0.275. The van der Waals surface area contributed by atoms with E-state index < -0.39 is 5.91 Å². The van der Waals surface area contributed by atoms with Crippen LogP contribution >= 0.6 is 11.3 Å². The number of primary amides is 1. The number of aryl methyl sites for hydroxylation is 1. The van der Waals surface area contributed by atoms with Crippen molar-refractivity contribution in [2.75, 3.05) is 0 Å². The van der Waals surface area contributed by atoms with Gasteiger partial charge in [0.25, 0.3) is 5.91 Å². The molecule has 0 fully saturated rings. The second-order valence-corrected chi connectivity index (χ2v) is 4.50. The van der Waals surface area contributed by atoms with E-state index in [0.29, 0.717) is 5.69 Å². The van der Waals surface area contributed by atoms with E-state index in [1.165, 1.54) is 23.5 Å². The molecular weight excluding hydrogens is 227 g/mol. The molecule has 0 aliphatic heterocycles. The summed E-state index contributed by atoms with van der Waals surface area (Å²) in [5.74, 6) is -0.840. The fraction of sp³-hybridized carbons (Fsp3) is 0.0909. The van der Waals surface area contributed by atoms with Gasteiger partial charge in [0.2, 0.25) is 0 Å². The molecule has 82 valence electrons. The zero-order valence-corrected chi connectivity index (χ0v) is 9.34. The zero-order chi connectivity index (χ0) is 11.7. The molecule has 0 saturated heterocycles. The number of rotatable bonds is 2. The van der Waals surface area contributed by atoms with Crippen LogP contribution in [0.15, 0.2) is 24.3 Å². The molecule has 1 aromatic carbocycles. The van der Waals surface area contributed by atoms with Crippen molar-refractivity contribution >= 4 is 17.2 Å². The van der Waals surface area contributed by atoms with E-state index in [0.717, 1.165) is 10.4 Å². The Morgan fingerprint density at radius 3 is 2.50 bits per heavy atom. The van der Waals surface area contributed by atoms with Crippen LogP contribution in [0.2, 0.25) is 0 Å². The highest BCUT2D eigenvalue weighted by Gasteiger charge is 2.12. The summed E-state index contributed by atoms with van der Waals surface area (Å²) < 4.78 is 12.7. The maximum atomic E-state index is 12.7. The van der Waals surface area contributed by atoms with Crippen molar-refractivity contribution in [2.45, 2.75) is 6.92 Å². The van der Waals surface area contributed by atoms with Crippen molar-refractivity contribution in [3.63, 3.8) is 0 Å². The summed E-state index contributed by atoms with van der Waals surface area (Å²) in [4.78, 5) is 16.0. The largest absolute Gasteiger partial charge is 0.364 e. The number of thiazole rings is 1. The van der Waals surface area contributed by atoms with E-state index >= 15 is 0 Å². The number of carbonyl (C=O) groups is 1. The monoisotopic (exact) mass is 236 g/mol. The molecule has 0 unspecified atom stereocenters. The SMILES string of the molecule is Cc1sc(C(N)=O)nc1-c1ccc(F)cc1. The first-order chi connectivity index (χ1) is 7.58. The van der Waals surface area contributed by atoms with Gasteiger partial charge >= 0.3 is 0 Å². The fourth-order valence-corrected chi connectivity index (χ4v) is 2.17. The van der Waals surface area contributed by atoms with E-state index in [1.54, 1.807) is 12.1 Å². The van der Waals surface area contributed by atoms with Crippen LogP contribution in [0.1, 0.15) is 14.7 Å². The molecule has 2 N–H and O–H groups in total. The van der Waals surface area contributed by atoms with Crippen LogP contribution in [-0.4, -0.2) is 10.9 Å². The standard InChI is InChI=1S/C11H9FN2OS/c1-6-9(14-11(16-6)10(13)15)7-2-4-8(12)5-3-7/h2-5H,1H3,(H2,13,15). The second-order valence-electron chi connectivity index (χ2n) is 3.29. The molecule has 16 heavy (non-hydrogen) atoms. The number of benzene rings is 1. The van der Waals surface area contributed by atoms with Crippen LogP contribution in [0.3, 0.4) is 0 Å². The summed E-state index contributed by atoms with van der Waals surface area (Å²) in [6, 6.07) is 5.97. The van der Waals surface area contributed by atoms with Gasteiger partial charge in [0.15, 0.2) is 5.01 Å². The number of halogens is 1. The third kappa shape index (κ3) is 1.94. The highest BCUT2D eigenvalue weighted by Crippen LogP contribution is 2.27. The van der Waals surface area contributed by atoms with Crippen LogP contribution in [0.5, 0.6) is 0 Å². The van der Waals surface area contributed by atoms with Crippen molar-refractivity contribution in [3.05, 3.63) is 40.0 Å². The Labute approximate surface area is 95.7 Å². The average Bonchev–Trinajstić information content (AvgIpc) is 2.62. The summed E-state index contributed by atoms with van der Waals surface area (Å²) in [7, 11) is 0. The Kier molecular flexibility index (Phi) is 2.70. The van der Waals surface area contributed by atoms with Crippen molar-refractivity contribution in [1.82, 2.24) is 4.98 Å². The number of hydrogen-bond acceptors (Lipinski definition) is 3. The summed E-state index contributed by atoms with van der Waals surface area (Å²) >= 11 is 1.24. The molecule has 1 amide bonds. The number of hydrogen-bond donors (Lipinski definition) is 1. The number of aromatic nitrogens is 1. The third-order valence-electron chi connectivity index (χ3n) is 2.13. The van der Waals surface area contributed by atoms with Crippen molar-refractivity contribution < 1.29 is 9.18 Å². The normalized spacial score (nSPS) is 10.4. The summed E-state index contributed by atoms with van der Waals surface area (Å²) in [6.45, 7) is 1.85. The van der Waals surface area contributed by atoms with Gasteiger partial charge < -0.3 is 5.73 Å². The molecule has 0 spiro atoms. The smallest absolute Gasteiger partial charge is 0.277 e. The lowest BCUT2D eigenvalue weighted by Gasteiger charge is -1.97. The Bertz CT molecular complexity index is 533. The van der Waals surface area contributed by atoms with Gasteiger partial charge in [-0.05, 0) is 31.2 Å². The minimum atomic E-state index is -0.540. The maximum Gasteiger partial charge on any atom is 0.277 e. The molecule has 0 aliphatic rings. The molecule has 3 nitrogen and oxygen atoms in total. The Morgan fingerprint density at radius 2 is 2.00 bits per heavy atom. The first-order valence-electron chi connectivity index (χ1n) is 4.61. The Balaban J connectivity index is 2.47. The van der Waals surface area contributed by atoms with Crippen molar-refractivity contribution in [2.24, 2.45) is 5.73 Å². The first-order valence-corrected chi connectivity index (χ1v) is 5.43. The molecule has 0 radical (unpaired) electrons. The van der Waals surface area contributed by atoms with Gasteiger partial charge in [0, 0.05) is 10.4 Å². The molecule has 2 rings (SSSR count). The highest BCUT2D eigenvalue weighted by atomic mass is 32.1. The topological polar surface area (TPSA) is 56.0 Å². The lowest BCUT2D eigenvalue weighted by atomic mass is 10.1. The van der Waals surface area contributed by atoms with E-state index in [2.05, 4.69) is 4.98 Å². The lowest BCUT2D eigenvalue weighted by Crippen LogP contribution is -2.10. The maximum absolute atomic E-state index is 12.7. The molecule has 0 aliphatic carbocycles. The third-order valence-corrected chi connectivity index (χ3v) is 3.11. The zero-order valence-electron chi connectivity index (χ0n) is 8.53. The molecule has 1 heterocycles. The van der Waals surface area contributed by atoms with Crippen molar-refractivity contribution in [3.8, 4) is 11.3 Å². The van der Waals surface area contributed by atoms with Crippen LogP contribution in [-0.2, 0) is 0 Å². The van der Waals surface area contributed by atoms with Crippen LogP contribution in [0.4, 0.5) is 4.39 Å². The van der Waals surface area contributed by atoms with Gasteiger partial charge in [-0.3, -0.25) is 4.79 Å². The van der Waals surface area contributed by atoms with E-state index in [9.17, 15) is 9.18 Å². The number of amides is 1. The molecule has 5 heteroatoms. The van der Waals surface area contributed by atoms with Gasteiger partial charge in [0.1, 0.15) is 5.82 Å².